The highest BCUT2D eigenvalue weighted by Crippen LogP contribution is 2.15. The summed E-state index contributed by atoms with van der Waals surface area (Å²) >= 11 is 0. The van der Waals surface area contributed by atoms with Crippen LogP contribution in [-0.2, 0) is 13.1 Å². The molecule has 0 fully saturated rings. The molecule has 0 aliphatic carbocycles. The molecule has 2 N–H and O–H groups in total. The average Bonchev–Trinajstić information content (AvgIpc) is 2.40. The first-order valence-electron chi connectivity index (χ1n) is 5.62. The Balaban J connectivity index is 2.60. The molecule has 0 spiro atoms. The second-order valence-electron chi connectivity index (χ2n) is 3.75. The molecular formula is C13H15N3O. The second kappa shape index (κ2) is 4.93. The van der Waals surface area contributed by atoms with E-state index < -0.39 is 0 Å². The van der Waals surface area contributed by atoms with Crippen molar-refractivity contribution in [1.29, 1.82) is 0 Å². The standard InChI is InChI=1S/C13H15N3O/c1-2-16-13(17)11(9-14)8-12(15-16)10-6-4-3-5-7-10/h3-8H,2,9,14H2,1H3. The van der Waals surface area contributed by atoms with E-state index in [1.807, 2.05) is 37.3 Å². The van der Waals surface area contributed by atoms with Crippen molar-refractivity contribution >= 4 is 0 Å². The predicted octanol–water partition coefficient (Wildman–Crippen LogP) is 1.39. The lowest BCUT2D eigenvalue weighted by Gasteiger charge is -2.07. The Morgan fingerprint density at radius 2 is 2.00 bits per heavy atom. The molecule has 2 rings (SSSR count). The maximum atomic E-state index is 11.8. The van der Waals surface area contributed by atoms with Crippen molar-refractivity contribution in [2.75, 3.05) is 0 Å². The van der Waals surface area contributed by atoms with Crippen LogP contribution in [0.2, 0.25) is 0 Å². The van der Waals surface area contributed by atoms with Crippen molar-refractivity contribution < 1.29 is 0 Å². The first kappa shape index (κ1) is 11.5. The Bertz CT molecular complexity index is 532. The smallest absolute Gasteiger partial charge is 0.271 e. The summed E-state index contributed by atoms with van der Waals surface area (Å²) in [5.74, 6) is 0. The fraction of sp³-hybridized carbons (Fsp3) is 0.231. The van der Waals surface area contributed by atoms with Crippen molar-refractivity contribution in [3.63, 3.8) is 0 Å². The highest BCUT2D eigenvalue weighted by Gasteiger charge is 2.07. The number of nitrogens with zero attached hydrogens (tertiary/aromatic N) is 2. The maximum absolute atomic E-state index is 11.8. The van der Waals surface area contributed by atoms with Gasteiger partial charge in [0.1, 0.15) is 0 Å². The summed E-state index contributed by atoms with van der Waals surface area (Å²) in [5.41, 5.74) is 7.85. The summed E-state index contributed by atoms with van der Waals surface area (Å²) in [4.78, 5) is 11.8. The zero-order chi connectivity index (χ0) is 12.3. The van der Waals surface area contributed by atoms with Crippen LogP contribution >= 0.6 is 0 Å². The number of hydrogen-bond donors (Lipinski definition) is 1. The molecule has 88 valence electrons. The Morgan fingerprint density at radius 3 is 2.59 bits per heavy atom. The topological polar surface area (TPSA) is 60.9 Å². The molecule has 0 aliphatic rings. The highest BCUT2D eigenvalue weighted by atomic mass is 16.1. The molecule has 0 amide bonds. The van der Waals surface area contributed by atoms with Gasteiger partial charge < -0.3 is 5.73 Å². The van der Waals surface area contributed by atoms with E-state index in [9.17, 15) is 4.79 Å². The van der Waals surface area contributed by atoms with Crippen LogP contribution in [0.1, 0.15) is 12.5 Å². The quantitative estimate of drug-likeness (QED) is 0.865. The van der Waals surface area contributed by atoms with E-state index in [1.54, 1.807) is 6.07 Å². The number of hydrogen-bond acceptors (Lipinski definition) is 3. The molecule has 4 nitrogen and oxygen atoms in total. The molecule has 1 aromatic heterocycles. The number of nitrogens with two attached hydrogens (primary N) is 1. The number of benzene rings is 1. The lowest BCUT2D eigenvalue weighted by Crippen LogP contribution is -2.27. The first-order valence-corrected chi connectivity index (χ1v) is 5.62. The zero-order valence-corrected chi connectivity index (χ0v) is 9.76. The highest BCUT2D eigenvalue weighted by molar-refractivity contribution is 5.58. The van der Waals surface area contributed by atoms with Crippen LogP contribution in [0.5, 0.6) is 0 Å². The van der Waals surface area contributed by atoms with Crippen LogP contribution in [0, 0.1) is 0 Å². The van der Waals surface area contributed by atoms with Crippen molar-refractivity contribution in [3.05, 3.63) is 52.3 Å². The third-order valence-corrected chi connectivity index (χ3v) is 2.64. The van der Waals surface area contributed by atoms with Crippen LogP contribution in [0.3, 0.4) is 0 Å². The van der Waals surface area contributed by atoms with Crippen molar-refractivity contribution in [2.45, 2.75) is 20.0 Å². The van der Waals surface area contributed by atoms with E-state index >= 15 is 0 Å². The molecular weight excluding hydrogens is 214 g/mol. The first-order chi connectivity index (χ1) is 8.26. The van der Waals surface area contributed by atoms with Gasteiger partial charge in [-0.2, -0.15) is 5.10 Å². The van der Waals surface area contributed by atoms with Gasteiger partial charge in [-0.1, -0.05) is 30.3 Å². The minimum Gasteiger partial charge on any atom is -0.326 e. The van der Waals surface area contributed by atoms with Gasteiger partial charge in [0.2, 0.25) is 0 Å². The van der Waals surface area contributed by atoms with Crippen molar-refractivity contribution in [1.82, 2.24) is 9.78 Å². The zero-order valence-electron chi connectivity index (χ0n) is 9.76. The fourth-order valence-corrected chi connectivity index (χ4v) is 1.71. The van der Waals surface area contributed by atoms with Crippen LogP contribution in [0.4, 0.5) is 0 Å². The lowest BCUT2D eigenvalue weighted by molar-refractivity contribution is 0.610. The largest absolute Gasteiger partial charge is 0.326 e. The molecule has 2 aromatic rings. The van der Waals surface area contributed by atoms with Crippen LogP contribution in [-0.4, -0.2) is 9.78 Å². The molecule has 0 atom stereocenters. The van der Waals surface area contributed by atoms with Gasteiger partial charge in [-0.05, 0) is 13.0 Å². The minimum absolute atomic E-state index is 0.102. The van der Waals surface area contributed by atoms with E-state index in [0.717, 1.165) is 11.3 Å². The minimum atomic E-state index is -0.102. The Kier molecular flexibility index (Phi) is 3.35. The fourth-order valence-electron chi connectivity index (χ4n) is 1.71. The van der Waals surface area contributed by atoms with E-state index in [1.165, 1.54) is 4.68 Å². The van der Waals surface area contributed by atoms with Gasteiger partial charge in [-0.3, -0.25) is 4.79 Å². The number of aromatic nitrogens is 2. The van der Waals surface area contributed by atoms with Gasteiger partial charge in [-0.15, -0.1) is 0 Å². The van der Waals surface area contributed by atoms with Crippen LogP contribution in [0.15, 0.2) is 41.2 Å². The lowest BCUT2D eigenvalue weighted by atomic mass is 10.1. The summed E-state index contributed by atoms with van der Waals surface area (Å²) in [7, 11) is 0. The molecule has 0 saturated carbocycles. The van der Waals surface area contributed by atoms with Gasteiger partial charge >= 0.3 is 0 Å². The molecule has 17 heavy (non-hydrogen) atoms. The normalized spacial score (nSPS) is 10.5. The molecule has 0 bridgehead atoms. The predicted molar refractivity (Wildman–Crippen MR) is 67.5 cm³/mol. The Labute approximate surface area is 99.7 Å². The summed E-state index contributed by atoms with van der Waals surface area (Å²) in [6.07, 6.45) is 0. The van der Waals surface area contributed by atoms with E-state index in [-0.39, 0.29) is 12.1 Å². The Morgan fingerprint density at radius 1 is 1.29 bits per heavy atom. The summed E-state index contributed by atoms with van der Waals surface area (Å²) in [5, 5.41) is 4.32. The molecule has 0 radical (unpaired) electrons. The van der Waals surface area contributed by atoms with Crippen molar-refractivity contribution in [2.24, 2.45) is 5.73 Å². The van der Waals surface area contributed by atoms with E-state index in [2.05, 4.69) is 5.10 Å². The van der Waals surface area contributed by atoms with Gasteiger partial charge in [0, 0.05) is 24.2 Å². The van der Waals surface area contributed by atoms with Gasteiger partial charge in [0.25, 0.3) is 5.56 Å². The van der Waals surface area contributed by atoms with Gasteiger partial charge in [0.05, 0.1) is 5.69 Å². The van der Waals surface area contributed by atoms with Crippen molar-refractivity contribution in [3.8, 4) is 11.3 Å². The third-order valence-electron chi connectivity index (χ3n) is 2.64. The average molecular weight is 229 g/mol. The number of rotatable bonds is 3. The van der Waals surface area contributed by atoms with Gasteiger partial charge in [0.15, 0.2) is 0 Å². The molecule has 1 aromatic carbocycles. The number of aryl methyl sites for hydroxylation is 1. The summed E-state index contributed by atoms with van der Waals surface area (Å²) in [6.45, 7) is 2.68. The third kappa shape index (κ3) is 2.26. The molecule has 0 unspecified atom stereocenters. The van der Waals surface area contributed by atoms with Crippen LogP contribution < -0.4 is 11.3 Å². The summed E-state index contributed by atoms with van der Waals surface area (Å²) < 4.78 is 1.45. The SMILES string of the molecule is CCn1nc(-c2ccccc2)cc(CN)c1=O. The van der Waals surface area contributed by atoms with E-state index in [4.69, 9.17) is 5.73 Å². The molecule has 0 aliphatic heterocycles. The second-order valence-corrected chi connectivity index (χ2v) is 3.75. The monoisotopic (exact) mass is 229 g/mol. The molecule has 0 saturated heterocycles. The van der Waals surface area contributed by atoms with Crippen LogP contribution in [0.25, 0.3) is 11.3 Å². The molecule has 1 heterocycles. The van der Waals surface area contributed by atoms with E-state index in [0.29, 0.717) is 12.1 Å². The Hall–Kier alpha value is -1.94. The molecule has 4 heteroatoms. The van der Waals surface area contributed by atoms with Gasteiger partial charge in [-0.25, -0.2) is 4.68 Å². The maximum Gasteiger partial charge on any atom is 0.271 e. The summed E-state index contributed by atoms with van der Waals surface area (Å²) in [6, 6.07) is 11.5.